The summed E-state index contributed by atoms with van der Waals surface area (Å²) in [4.78, 5) is 11.9. The average Bonchev–Trinajstić information content (AvgIpc) is 3.09. The van der Waals surface area contributed by atoms with E-state index in [1.165, 1.54) is 0 Å². The van der Waals surface area contributed by atoms with Gasteiger partial charge in [0, 0.05) is 5.39 Å². The van der Waals surface area contributed by atoms with Gasteiger partial charge in [0.05, 0.1) is 5.56 Å². The quantitative estimate of drug-likeness (QED) is 0.573. The van der Waals surface area contributed by atoms with Crippen molar-refractivity contribution in [1.29, 1.82) is 5.26 Å². The van der Waals surface area contributed by atoms with Crippen molar-refractivity contribution in [3.8, 4) is 11.8 Å². The molecule has 25 heavy (non-hydrogen) atoms. The molecule has 124 valence electrons. The first-order chi connectivity index (χ1) is 12.2. The predicted octanol–water partition coefficient (Wildman–Crippen LogP) is 3.22. The molecule has 0 bridgehead atoms. The molecule has 1 N–H and O–H groups in total. The number of nitrogens with zero attached hydrogens (tertiary/aromatic N) is 2. The van der Waals surface area contributed by atoms with Gasteiger partial charge >= 0.3 is 0 Å². The van der Waals surface area contributed by atoms with Crippen LogP contribution in [0.1, 0.15) is 18.2 Å². The SMILES string of the molecule is C/C(=N\NC(=O)COc1ccccc1C#N)c1cc2ccccc2o1. The third-order valence-corrected chi connectivity index (χ3v) is 3.50. The van der Waals surface area contributed by atoms with Crippen LogP contribution in [0.25, 0.3) is 11.0 Å². The molecular formula is C19H15N3O3. The number of hydrazone groups is 1. The van der Waals surface area contributed by atoms with Crippen molar-refractivity contribution >= 4 is 22.6 Å². The van der Waals surface area contributed by atoms with Crippen molar-refractivity contribution in [3.05, 3.63) is 65.9 Å². The Kier molecular flexibility index (Phi) is 4.77. The molecule has 0 atom stereocenters. The Morgan fingerprint density at radius 2 is 2.00 bits per heavy atom. The molecule has 1 amide bonds. The van der Waals surface area contributed by atoms with E-state index in [0.717, 1.165) is 11.0 Å². The first-order valence-corrected chi connectivity index (χ1v) is 7.61. The van der Waals surface area contributed by atoms with Gasteiger partial charge in [-0.1, -0.05) is 30.3 Å². The fraction of sp³-hybridized carbons (Fsp3) is 0.105. The summed E-state index contributed by atoms with van der Waals surface area (Å²) in [5, 5.41) is 14.0. The number of fused-ring (bicyclic) bond motifs is 1. The number of ether oxygens (including phenoxy) is 1. The fourth-order valence-corrected chi connectivity index (χ4v) is 2.22. The van der Waals surface area contributed by atoms with Crippen LogP contribution in [0.15, 0.2) is 64.1 Å². The minimum absolute atomic E-state index is 0.240. The van der Waals surface area contributed by atoms with E-state index in [0.29, 0.717) is 22.8 Å². The number of hydrogen-bond acceptors (Lipinski definition) is 5. The van der Waals surface area contributed by atoms with Gasteiger partial charge in [-0.25, -0.2) is 5.43 Å². The van der Waals surface area contributed by atoms with Crippen LogP contribution in [0.2, 0.25) is 0 Å². The maximum Gasteiger partial charge on any atom is 0.277 e. The average molecular weight is 333 g/mol. The molecule has 0 unspecified atom stereocenters. The summed E-state index contributed by atoms with van der Waals surface area (Å²) >= 11 is 0. The van der Waals surface area contributed by atoms with Crippen LogP contribution < -0.4 is 10.2 Å². The van der Waals surface area contributed by atoms with Crippen LogP contribution in [0.3, 0.4) is 0 Å². The van der Waals surface area contributed by atoms with E-state index < -0.39 is 5.91 Å². The van der Waals surface area contributed by atoms with Gasteiger partial charge < -0.3 is 9.15 Å². The van der Waals surface area contributed by atoms with Gasteiger partial charge in [0.15, 0.2) is 12.4 Å². The number of furan rings is 1. The number of carbonyl (C=O) groups excluding carboxylic acids is 1. The highest BCUT2D eigenvalue weighted by Crippen LogP contribution is 2.19. The zero-order chi connectivity index (χ0) is 17.6. The third-order valence-electron chi connectivity index (χ3n) is 3.50. The lowest BCUT2D eigenvalue weighted by Gasteiger charge is -2.06. The molecule has 2 aromatic carbocycles. The summed E-state index contributed by atoms with van der Waals surface area (Å²) in [6, 6.07) is 18.2. The Labute approximate surface area is 144 Å². The minimum Gasteiger partial charge on any atom is -0.482 e. The lowest BCUT2D eigenvalue weighted by Crippen LogP contribution is -2.25. The van der Waals surface area contributed by atoms with Gasteiger partial charge in [0.25, 0.3) is 5.91 Å². The number of hydrogen-bond donors (Lipinski definition) is 1. The Hall–Kier alpha value is -3.59. The number of para-hydroxylation sites is 2. The van der Waals surface area contributed by atoms with E-state index in [1.54, 1.807) is 31.2 Å². The molecule has 6 nitrogen and oxygen atoms in total. The van der Waals surface area contributed by atoms with Gasteiger partial charge in [-0.2, -0.15) is 10.4 Å². The molecule has 0 spiro atoms. The van der Waals surface area contributed by atoms with Crippen molar-refractivity contribution in [2.75, 3.05) is 6.61 Å². The fourth-order valence-electron chi connectivity index (χ4n) is 2.22. The maximum atomic E-state index is 11.9. The van der Waals surface area contributed by atoms with E-state index in [2.05, 4.69) is 10.5 Å². The summed E-state index contributed by atoms with van der Waals surface area (Å²) in [6.45, 7) is 1.50. The molecule has 0 aliphatic carbocycles. The summed E-state index contributed by atoms with van der Waals surface area (Å²) in [5.74, 6) is 0.513. The third kappa shape index (κ3) is 3.85. The van der Waals surface area contributed by atoms with Gasteiger partial charge in [-0.3, -0.25) is 4.79 Å². The van der Waals surface area contributed by atoms with Crippen LogP contribution in [0.5, 0.6) is 5.75 Å². The Morgan fingerprint density at radius 3 is 2.80 bits per heavy atom. The zero-order valence-corrected chi connectivity index (χ0v) is 13.5. The summed E-state index contributed by atoms with van der Waals surface area (Å²) in [6.07, 6.45) is 0. The van der Waals surface area contributed by atoms with Crippen molar-refractivity contribution in [2.24, 2.45) is 5.10 Å². The molecule has 3 aromatic rings. The van der Waals surface area contributed by atoms with Crippen LogP contribution in [-0.2, 0) is 4.79 Å². The number of benzene rings is 2. The smallest absolute Gasteiger partial charge is 0.277 e. The molecule has 0 aliphatic heterocycles. The van der Waals surface area contributed by atoms with Crippen molar-refractivity contribution in [3.63, 3.8) is 0 Å². The number of carbonyl (C=O) groups is 1. The summed E-state index contributed by atoms with van der Waals surface area (Å²) in [5.41, 5.74) is 4.09. The molecule has 0 saturated heterocycles. The molecule has 0 fully saturated rings. The lowest BCUT2D eigenvalue weighted by molar-refractivity contribution is -0.123. The monoisotopic (exact) mass is 333 g/mol. The van der Waals surface area contributed by atoms with Crippen LogP contribution in [0.4, 0.5) is 0 Å². The molecule has 6 heteroatoms. The molecule has 3 rings (SSSR count). The Morgan fingerprint density at radius 1 is 1.24 bits per heavy atom. The molecule has 0 aliphatic rings. The molecule has 1 heterocycles. The number of nitrogens with one attached hydrogen (secondary N) is 1. The number of amides is 1. The standard InChI is InChI=1S/C19H15N3O3/c1-13(18-10-14-6-2-5-9-17(14)25-18)21-22-19(23)12-24-16-8-4-3-7-15(16)11-20/h2-10H,12H2,1H3,(H,22,23)/b21-13+. The normalized spacial score (nSPS) is 11.1. The van der Waals surface area contributed by atoms with Crippen LogP contribution in [-0.4, -0.2) is 18.2 Å². The van der Waals surface area contributed by atoms with Crippen molar-refractivity contribution in [2.45, 2.75) is 6.92 Å². The van der Waals surface area contributed by atoms with Crippen molar-refractivity contribution < 1.29 is 13.9 Å². The second-order valence-corrected chi connectivity index (χ2v) is 5.28. The van der Waals surface area contributed by atoms with Gasteiger partial charge in [0.2, 0.25) is 0 Å². The Balaban J connectivity index is 1.61. The maximum absolute atomic E-state index is 11.9. The minimum atomic E-state index is -0.428. The van der Waals surface area contributed by atoms with Gasteiger partial charge in [-0.05, 0) is 31.2 Å². The van der Waals surface area contributed by atoms with E-state index in [-0.39, 0.29) is 6.61 Å². The largest absolute Gasteiger partial charge is 0.482 e. The highest BCUT2D eigenvalue weighted by atomic mass is 16.5. The van der Waals surface area contributed by atoms with E-state index >= 15 is 0 Å². The molecular weight excluding hydrogens is 318 g/mol. The highest BCUT2D eigenvalue weighted by molar-refractivity contribution is 6.00. The topological polar surface area (TPSA) is 87.6 Å². The van der Waals surface area contributed by atoms with Crippen LogP contribution >= 0.6 is 0 Å². The summed E-state index contributed by atoms with van der Waals surface area (Å²) < 4.78 is 11.0. The van der Waals surface area contributed by atoms with Gasteiger partial charge in [0.1, 0.15) is 23.1 Å². The molecule has 0 saturated carbocycles. The van der Waals surface area contributed by atoms with E-state index in [4.69, 9.17) is 14.4 Å². The molecule has 1 aromatic heterocycles. The second-order valence-electron chi connectivity index (χ2n) is 5.28. The lowest BCUT2D eigenvalue weighted by atomic mass is 10.2. The van der Waals surface area contributed by atoms with E-state index in [1.807, 2.05) is 36.4 Å². The zero-order valence-electron chi connectivity index (χ0n) is 13.5. The predicted molar refractivity (Wildman–Crippen MR) is 93.2 cm³/mol. The number of nitriles is 1. The molecule has 0 radical (unpaired) electrons. The van der Waals surface area contributed by atoms with E-state index in [9.17, 15) is 4.79 Å². The highest BCUT2D eigenvalue weighted by Gasteiger charge is 2.08. The first kappa shape index (κ1) is 16.3. The van der Waals surface area contributed by atoms with Crippen molar-refractivity contribution in [1.82, 2.24) is 5.43 Å². The second kappa shape index (κ2) is 7.32. The van der Waals surface area contributed by atoms with Gasteiger partial charge in [-0.15, -0.1) is 0 Å². The van der Waals surface area contributed by atoms with Crippen LogP contribution in [0, 0.1) is 11.3 Å². The summed E-state index contributed by atoms with van der Waals surface area (Å²) in [7, 11) is 0. The number of rotatable bonds is 5. The first-order valence-electron chi connectivity index (χ1n) is 7.61. The Bertz CT molecular complexity index is 950.